The predicted octanol–water partition coefficient (Wildman–Crippen LogP) is 4.12. The SMILES string of the molecule is CCC1CCCC(Nc2ccc(Cl)nc2)C1. The maximum Gasteiger partial charge on any atom is 0.129 e. The van der Waals surface area contributed by atoms with E-state index in [4.69, 9.17) is 11.6 Å². The lowest BCUT2D eigenvalue weighted by Gasteiger charge is -2.29. The summed E-state index contributed by atoms with van der Waals surface area (Å²) in [5.74, 6) is 0.895. The number of hydrogen-bond donors (Lipinski definition) is 1. The first-order valence-electron chi connectivity index (χ1n) is 6.16. The van der Waals surface area contributed by atoms with E-state index in [1.54, 1.807) is 0 Å². The Morgan fingerprint density at radius 2 is 2.31 bits per heavy atom. The van der Waals surface area contributed by atoms with Crippen molar-refractivity contribution in [2.24, 2.45) is 5.92 Å². The third-order valence-corrected chi connectivity index (χ3v) is 3.68. The Kier molecular flexibility index (Phi) is 4.05. The van der Waals surface area contributed by atoms with Crippen molar-refractivity contribution in [1.82, 2.24) is 4.98 Å². The molecule has 0 amide bonds. The second-order valence-corrected chi connectivity index (χ2v) is 5.04. The van der Waals surface area contributed by atoms with Gasteiger partial charge in [-0.05, 0) is 30.9 Å². The normalized spacial score (nSPS) is 25.4. The summed E-state index contributed by atoms with van der Waals surface area (Å²) in [5.41, 5.74) is 1.09. The Balaban J connectivity index is 1.91. The zero-order chi connectivity index (χ0) is 11.4. The van der Waals surface area contributed by atoms with Crippen LogP contribution >= 0.6 is 11.6 Å². The minimum absolute atomic E-state index is 0.556. The molecule has 2 rings (SSSR count). The van der Waals surface area contributed by atoms with Crippen LogP contribution in [0, 0.1) is 5.92 Å². The van der Waals surface area contributed by atoms with E-state index in [1.807, 2.05) is 18.3 Å². The number of hydrogen-bond acceptors (Lipinski definition) is 2. The average molecular weight is 239 g/mol. The van der Waals surface area contributed by atoms with Gasteiger partial charge in [-0.25, -0.2) is 4.98 Å². The van der Waals surface area contributed by atoms with E-state index in [9.17, 15) is 0 Å². The molecule has 1 saturated carbocycles. The molecule has 0 radical (unpaired) electrons. The molecule has 2 nitrogen and oxygen atoms in total. The highest BCUT2D eigenvalue weighted by Gasteiger charge is 2.20. The molecule has 0 bridgehead atoms. The summed E-state index contributed by atoms with van der Waals surface area (Å²) in [5, 5.41) is 4.11. The molecule has 1 heterocycles. The fourth-order valence-electron chi connectivity index (χ4n) is 2.49. The third kappa shape index (κ3) is 3.11. The van der Waals surface area contributed by atoms with Crippen LogP contribution in [0.1, 0.15) is 39.0 Å². The molecule has 0 spiro atoms. The van der Waals surface area contributed by atoms with Crippen molar-refractivity contribution in [3.63, 3.8) is 0 Å². The molecule has 1 aliphatic rings. The topological polar surface area (TPSA) is 24.9 Å². The Bertz CT molecular complexity index is 323. The molecule has 1 N–H and O–H groups in total. The molecule has 1 aromatic rings. The van der Waals surface area contributed by atoms with Crippen molar-refractivity contribution in [2.75, 3.05) is 5.32 Å². The third-order valence-electron chi connectivity index (χ3n) is 3.46. The summed E-state index contributed by atoms with van der Waals surface area (Å²) in [4.78, 5) is 4.09. The molecule has 1 aliphatic carbocycles. The highest BCUT2D eigenvalue weighted by molar-refractivity contribution is 6.29. The lowest BCUT2D eigenvalue weighted by Crippen LogP contribution is -2.27. The van der Waals surface area contributed by atoms with E-state index >= 15 is 0 Å². The molecular formula is C13H19ClN2. The van der Waals surface area contributed by atoms with Crippen molar-refractivity contribution in [1.29, 1.82) is 0 Å². The molecule has 88 valence electrons. The smallest absolute Gasteiger partial charge is 0.129 e. The molecule has 0 aromatic carbocycles. The maximum atomic E-state index is 5.76. The minimum atomic E-state index is 0.556. The fraction of sp³-hybridized carbons (Fsp3) is 0.615. The first kappa shape index (κ1) is 11.7. The van der Waals surface area contributed by atoms with E-state index in [2.05, 4.69) is 17.2 Å². The molecule has 1 aromatic heterocycles. The van der Waals surface area contributed by atoms with E-state index in [1.165, 1.54) is 32.1 Å². The molecule has 2 atom stereocenters. The highest BCUT2D eigenvalue weighted by Crippen LogP contribution is 2.28. The Morgan fingerprint density at radius 3 is 3.00 bits per heavy atom. The van der Waals surface area contributed by atoms with E-state index in [0.717, 1.165) is 11.6 Å². The highest BCUT2D eigenvalue weighted by atomic mass is 35.5. The van der Waals surface area contributed by atoms with Crippen LogP contribution in [0.25, 0.3) is 0 Å². The lowest BCUT2D eigenvalue weighted by molar-refractivity contribution is 0.327. The molecule has 2 unspecified atom stereocenters. The number of halogens is 1. The van der Waals surface area contributed by atoms with Gasteiger partial charge in [-0.15, -0.1) is 0 Å². The van der Waals surface area contributed by atoms with Crippen molar-refractivity contribution in [2.45, 2.75) is 45.1 Å². The van der Waals surface area contributed by atoms with Crippen LogP contribution in [-0.2, 0) is 0 Å². The van der Waals surface area contributed by atoms with Gasteiger partial charge in [0.1, 0.15) is 5.15 Å². The monoisotopic (exact) mass is 238 g/mol. The summed E-state index contributed by atoms with van der Waals surface area (Å²) in [6.45, 7) is 2.29. The number of nitrogens with zero attached hydrogens (tertiary/aromatic N) is 1. The van der Waals surface area contributed by atoms with Gasteiger partial charge in [0.25, 0.3) is 0 Å². The number of nitrogens with one attached hydrogen (secondary N) is 1. The van der Waals surface area contributed by atoms with Crippen LogP contribution in [-0.4, -0.2) is 11.0 Å². The summed E-state index contributed by atoms with van der Waals surface area (Å²) in [6, 6.07) is 4.45. The van der Waals surface area contributed by atoms with Gasteiger partial charge in [-0.2, -0.15) is 0 Å². The molecule has 3 heteroatoms. The average Bonchev–Trinajstić information content (AvgIpc) is 2.32. The summed E-state index contributed by atoms with van der Waals surface area (Å²) in [7, 11) is 0. The van der Waals surface area contributed by atoms with Crippen LogP contribution in [0.15, 0.2) is 18.3 Å². The van der Waals surface area contributed by atoms with Crippen molar-refractivity contribution in [3.8, 4) is 0 Å². The Labute approximate surface area is 102 Å². The molecule has 16 heavy (non-hydrogen) atoms. The second kappa shape index (κ2) is 5.53. The van der Waals surface area contributed by atoms with Crippen LogP contribution in [0.5, 0.6) is 0 Å². The molecule has 1 fully saturated rings. The van der Waals surface area contributed by atoms with Gasteiger partial charge >= 0.3 is 0 Å². The van der Waals surface area contributed by atoms with Crippen LogP contribution < -0.4 is 5.32 Å². The largest absolute Gasteiger partial charge is 0.381 e. The number of anilines is 1. The second-order valence-electron chi connectivity index (χ2n) is 4.65. The maximum absolute atomic E-state index is 5.76. The van der Waals surface area contributed by atoms with Gasteiger partial charge in [-0.1, -0.05) is 37.8 Å². The Hall–Kier alpha value is -0.760. The van der Waals surface area contributed by atoms with Gasteiger partial charge in [0.15, 0.2) is 0 Å². The van der Waals surface area contributed by atoms with E-state index in [-0.39, 0.29) is 0 Å². The van der Waals surface area contributed by atoms with Gasteiger partial charge < -0.3 is 5.32 Å². The van der Waals surface area contributed by atoms with E-state index < -0.39 is 0 Å². The van der Waals surface area contributed by atoms with Crippen LogP contribution in [0.2, 0.25) is 5.15 Å². The zero-order valence-electron chi connectivity index (χ0n) is 9.75. The predicted molar refractivity (Wildman–Crippen MR) is 68.9 cm³/mol. The van der Waals surface area contributed by atoms with Crippen LogP contribution in [0.4, 0.5) is 5.69 Å². The number of pyridine rings is 1. The van der Waals surface area contributed by atoms with Crippen molar-refractivity contribution < 1.29 is 0 Å². The number of aromatic nitrogens is 1. The van der Waals surface area contributed by atoms with Gasteiger partial charge in [0.2, 0.25) is 0 Å². The number of rotatable bonds is 3. The standard InChI is InChI=1S/C13H19ClN2/c1-2-10-4-3-5-11(8-10)16-12-6-7-13(14)15-9-12/h6-7,9-11,16H,2-5,8H2,1H3. The zero-order valence-corrected chi connectivity index (χ0v) is 10.5. The summed E-state index contributed by atoms with van der Waals surface area (Å²) >= 11 is 5.76. The summed E-state index contributed by atoms with van der Waals surface area (Å²) < 4.78 is 0. The van der Waals surface area contributed by atoms with Crippen LogP contribution in [0.3, 0.4) is 0 Å². The van der Waals surface area contributed by atoms with Crippen molar-refractivity contribution in [3.05, 3.63) is 23.5 Å². The van der Waals surface area contributed by atoms with Gasteiger partial charge in [-0.3, -0.25) is 0 Å². The minimum Gasteiger partial charge on any atom is -0.381 e. The molecule has 0 aliphatic heterocycles. The van der Waals surface area contributed by atoms with E-state index in [0.29, 0.717) is 11.2 Å². The lowest BCUT2D eigenvalue weighted by atomic mass is 9.84. The van der Waals surface area contributed by atoms with Crippen molar-refractivity contribution >= 4 is 17.3 Å². The van der Waals surface area contributed by atoms with Gasteiger partial charge in [0, 0.05) is 6.04 Å². The molecular weight excluding hydrogens is 220 g/mol. The van der Waals surface area contributed by atoms with Gasteiger partial charge in [0.05, 0.1) is 11.9 Å². The first-order valence-corrected chi connectivity index (χ1v) is 6.54. The quantitative estimate of drug-likeness (QED) is 0.802. The summed E-state index contributed by atoms with van der Waals surface area (Å²) in [6.07, 6.45) is 8.43. The first-order chi connectivity index (χ1) is 7.78. The fourth-order valence-corrected chi connectivity index (χ4v) is 2.60. The Morgan fingerprint density at radius 1 is 1.44 bits per heavy atom. The molecule has 0 saturated heterocycles.